The van der Waals surface area contributed by atoms with Crippen LogP contribution in [0.5, 0.6) is 0 Å². The maximum Gasteiger partial charge on any atom is 0.340 e. The van der Waals surface area contributed by atoms with Crippen LogP contribution in [0.2, 0.25) is 0 Å². The van der Waals surface area contributed by atoms with Crippen molar-refractivity contribution in [3.8, 4) is 11.4 Å². The summed E-state index contributed by atoms with van der Waals surface area (Å²) in [5.74, 6) is 5.75. The maximum atomic E-state index is 13.5. The van der Waals surface area contributed by atoms with Crippen molar-refractivity contribution >= 4 is 28.3 Å². The third kappa shape index (κ3) is 4.88. The fraction of sp³-hybridized carbons (Fsp3) is 0.281. The Morgan fingerprint density at radius 1 is 1.17 bits per heavy atom. The number of rotatable bonds is 5. The highest BCUT2D eigenvalue weighted by Gasteiger charge is 2.34. The summed E-state index contributed by atoms with van der Waals surface area (Å²) in [5.41, 5.74) is 14.9. The van der Waals surface area contributed by atoms with Gasteiger partial charge in [0.15, 0.2) is 6.10 Å². The van der Waals surface area contributed by atoms with E-state index in [1.807, 2.05) is 65.1 Å². The van der Waals surface area contributed by atoms with Crippen LogP contribution in [0, 0.1) is 13.8 Å². The number of aliphatic hydroxyl groups excluding tert-OH is 1. The number of nitrogens with two attached hydrogens (primary N) is 2. The normalized spacial score (nSPS) is 15.3. The first kappa shape index (κ1) is 28.8. The number of ether oxygens (including phenoxy) is 1. The summed E-state index contributed by atoms with van der Waals surface area (Å²) in [4.78, 5) is 30.5. The van der Waals surface area contributed by atoms with Crippen LogP contribution in [0.4, 0.5) is 5.69 Å². The minimum Gasteiger partial charge on any atom is -0.458 e. The van der Waals surface area contributed by atoms with E-state index in [-0.39, 0.29) is 29.8 Å². The highest BCUT2D eigenvalue weighted by Crippen LogP contribution is 2.38. The van der Waals surface area contributed by atoms with Crippen molar-refractivity contribution in [1.82, 2.24) is 14.6 Å². The Labute approximate surface area is 244 Å². The standard InChI is InChI=1S/C30H30N6O4.C2H6/c1-15-7-19-21(11-35(32)13-24(31)17-5-4-6-18(9-17)33-3)22-12-36-26(27(22)34-25(19)8-16(15)2)10-20-23(29(36)38)14-40-30(39)28(20)37;1-2/h4-10,13,28,33,37H,11-12,14,31-32H2,1-3H3;1-2H3/b24-13-;. The Kier molecular flexibility index (Phi) is 7.77. The van der Waals surface area contributed by atoms with Gasteiger partial charge < -0.3 is 30.5 Å². The summed E-state index contributed by atoms with van der Waals surface area (Å²) in [5, 5.41) is 16.1. The smallest absolute Gasteiger partial charge is 0.340 e. The Balaban J connectivity index is 0.00000173. The van der Waals surface area contributed by atoms with Crippen molar-refractivity contribution < 1.29 is 14.6 Å². The first-order chi connectivity index (χ1) is 20.2. The van der Waals surface area contributed by atoms with E-state index in [9.17, 15) is 14.7 Å². The molecule has 0 saturated carbocycles. The molecule has 2 aromatic carbocycles. The molecule has 218 valence electrons. The number of hydrogen-bond donors (Lipinski definition) is 4. The van der Waals surface area contributed by atoms with Gasteiger partial charge in [-0.3, -0.25) is 4.79 Å². The van der Waals surface area contributed by atoms with Crippen molar-refractivity contribution in [2.75, 3.05) is 12.4 Å². The Bertz CT molecular complexity index is 1810. The molecule has 10 heteroatoms. The number of nitrogens with zero attached hydrogens (tertiary/aromatic N) is 3. The molecular weight excluding hydrogens is 532 g/mol. The summed E-state index contributed by atoms with van der Waals surface area (Å²) in [6, 6.07) is 13.5. The highest BCUT2D eigenvalue weighted by atomic mass is 16.5. The van der Waals surface area contributed by atoms with Crippen molar-refractivity contribution in [3.63, 3.8) is 0 Å². The lowest BCUT2D eigenvalue weighted by Crippen LogP contribution is -2.32. The second kappa shape index (κ2) is 11.3. The lowest BCUT2D eigenvalue weighted by molar-refractivity contribution is -0.157. The zero-order valence-electron chi connectivity index (χ0n) is 24.5. The lowest BCUT2D eigenvalue weighted by Gasteiger charge is -2.21. The first-order valence-corrected chi connectivity index (χ1v) is 14.0. The molecule has 2 aliphatic rings. The minimum absolute atomic E-state index is 0.170. The van der Waals surface area contributed by atoms with Gasteiger partial charge in [-0.15, -0.1) is 0 Å². The monoisotopic (exact) mass is 568 g/mol. The van der Waals surface area contributed by atoms with Crippen LogP contribution in [0.15, 0.2) is 53.5 Å². The predicted octanol–water partition coefficient (Wildman–Crippen LogP) is 3.83. The molecule has 0 radical (unpaired) electrons. The summed E-state index contributed by atoms with van der Waals surface area (Å²) in [6.07, 6.45) is 0.186. The molecule has 0 amide bonds. The van der Waals surface area contributed by atoms with Crippen molar-refractivity contribution in [2.45, 2.75) is 53.5 Å². The van der Waals surface area contributed by atoms with E-state index >= 15 is 0 Å². The predicted molar refractivity (Wildman–Crippen MR) is 164 cm³/mol. The SMILES string of the molecule is CC.CNc1cccc(/C(N)=C/N(N)Cc2c3c(nc4cc(C)c(C)cc24)-c2cc4c(c(=O)n2C3)COC(=O)C4O)c1. The van der Waals surface area contributed by atoms with Crippen LogP contribution in [-0.4, -0.2) is 32.7 Å². The first-order valence-electron chi connectivity index (χ1n) is 14.0. The van der Waals surface area contributed by atoms with Gasteiger partial charge in [-0.25, -0.2) is 15.6 Å². The fourth-order valence-corrected chi connectivity index (χ4v) is 5.48. The zero-order valence-corrected chi connectivity index (χ0v) is 24.5. The number of aliphatic hydroxyl groups is 1. The Morgan fingerprint density at radius 3 is 2.64 bits per heavy atom. The second-order valence-corrected chi connectivity index (χ2v) is 10.3. The molecule has 10 nitrogen and oxygen atoms in total. The summed E-state index contributed by atoms with van der Waals surface area (Å²) < 4.78 is 6.65. The third-order valence-corrected chi connectivity index (χ3v) is 7.82. The number of hydrogen-bond acceptors (Lipinski definition) is 9. The highest BCUT2D eigenvalue weighted by molar-refractivity contribution is 5.89. The number of benzene rings is 2. The molecule has 4 aromatic rings. The third-order valence-electron chi connectivity index (χ3n) is 7.82. The number of hydrazine groups is 1. The van der Waals surface area contributed by atoms with Crippen LogP contribution >= 0.6 is 0 Å². The molecule has 0 aliphatic carbocycles. The van der Waals surface area contributed by atoms with Gasteiger partial charge in [0.2, 0.25) is 0 Å². The topological polar surface area (TPSA) is 149 Å². The molecule has 42 heavy (non-hydrogen) atoms. The number of fused-ring (bicyclic) bond motifs is 5. The summed E-state index contributed by atoms with van der Waals surface area (Å²) in [7, 11) is 1.85. The zero-order chi connectivity index (χ0) is 30.3. The van der Waals surface area contributed by atoms with Gasteiger partial charge in [-0.2, -0.15) is 0 Å². The van der Waals surface area contributed by atoms with Gasteiger partial charge >= 0.3 is 5.97 Å². The van der Waals surface area contributed by atoms with E-state index in [0.29, 0.717) is 23.6 Å². The van der Waals surface area contributed by atoms with Gasteiger partial charge in [-0.05, 0) is 60.9 Å². The van der Waals surface area contributed by atoms with E-state index in [1.165, 1.54) is 0 Å². The number of cyclic esters (lactones) is 1. The van der Waals surface area contributed by atoms with E-state index in [2.05, 4.69) is 11.4 Å². The van der Waals surface area contributed by atoms with E-state index in [4.69, 9.17) is 21.3 Å². The Morgan fingerprint density at radius 2 is 1.90 bits per heavy atom. The van der Waals surface area contributed by atoms with Crippen LogP contribution in [0.3, 0.4) is 0 Å². The molecule has 0 fully saturated rings. The van der Waals surface area contributed by atoms with Crippen molar-refractivity contribution in [3.05, 3.63) is 98.0 Å². The summed E-state index contributed by atoms with van der Waals surface area (Å²) >= 11 is 0. The van der Waals surface area contributed by atoms with Crippen LogP contribution < -0.4 is 22.5 Å². The van der Waals surface area contributed by atoms with Crippen molar-refractivity contribution in [1.29, 1.82) is 0 Å². The number of carbonyl (C=O) groups excluding carboxylic acids is 1. The minimum atomic E-state index is -1.51. The van der Waals surface area contributed by atoms with Gasteiger partial charge in [0.25, 0.3) is 5.56 Å². The van der Waals surface area contributed by atoms with Crippen LogP contribution in [0.1, 0.15) is 58.9 Å². The maximum absolute atomic E-state index is 13.5. The van der Waals surface area contributed by atoms with Gasteiger partial charge in [0.05, 0.1) is 41.3 Å². The second-order valence-electron chi connectivity index (χ2n) is 10.3. The molecule has 6 N–H and O–H groups in total. The molecule has 2 aromatic heterocycles. The molecule has 0 saturated heterocycles. The average Bonchev–Trinajstić information content (AvgIpc) is 3.36. The van der Waals surface area contributed by atoms with E-state index in [1.54, 1.807) is 21.8 Å². The Hall–Kier alpha value is -4.67. The number of aryl methyl sites for hydroxylation is 2. The summed E-state index contributed by atoms with van der Waals surface area (Å²) in [6.45, 7) is 8.49. The molecular formula is C32H36N6O4. The molecule has 0 bridgehead atoms. The number of esters is 1. The van der Waals surface area contributed by atoms with Gasteiger partial charge in [0.1, 0.15) is 6.61 Å². The number of pyridine rings is 2. The molecule has 4 heterocycles. The number of carbonyl (C=O) groups is 1. The molecule has 2 aliphatic heterocycles. The van der Waals surface area contributed by atoms with E-state index in [0.717, 1.165) is 44.4 Å². The number of aromatic nitrogens is 2. The molecule has 1 unspecified atom stereocenters. The van der Waals surface area contributed by atoms with E-state index < -0.39 is 12.1 Å². The van der Waals surface area contributed by atoms with Crippen LogP contribution in [0.25, 0.3) is 28.0 Å². The average molecular weight is 569 g/mol. The molecule has 6 rings (SSSR count). The van der Waals surface area contributed by atoms with Gasteiger partial charge in [0, 0.05) is 41.0 Å². The quantitative estimate of drug-likeness (QED) is 0.141. The van der Waals surface area contributed by atoms with Crippen molar-refractivity contribution in [2.24, 2.45) is 11.6 Å². The lowest BCUT2D eigenvalue weighted by atomic mass is 9.96. The number of anilines is 1. The fourth-order valence-electron chi connectivity index (χ4n) is 5.48. The molecule has 0 spiro atoms. The number of nitrogens with one attached hydrogen (secondary N) is 1. The van der Waals surface area contributed by atoms with Gasteiger partial charge in [-0.1, -0.05) is 26.0 Å². The molecule has 1 atom stereocenters. The van der Waals surface area contributed by atoms with Crippen LogP contribution in [-0.2, 0) is 29.2 Å². The largest absolute Gasteiger partial charge is 0.458 e.